The summed E-state index contributed by atoms with van der Waals surface area (Å²) in [5.41, 5.74) is 1.03. The molecular weight excluding hydrogens is 202 g/mol. The van der Waals surface area contributed by atoms with Crippen LogP contribution in [0.4, 0.5) is 0 Å². The minimum Gasteiger partial charge on any atom is -0.460 e. The number of aryl methyl sites for hydroxylation is 1. The smallest absolute Gasteiger partial charge is 0.137 e. The van der Waals surface area contributed by atoms with Crippen molar-refractivity contribution in [2.75, 3.05) is 6.54 Å². The van der Waals surface area contributed by atoms with E-state index in [0.29, 0.717) is 0 Å². The first-order chi connectivity index (χ1) is 7.83. The molecule has 2 rings (SSSR count). The van der Waals surface area contributed by atoms with E-state index in [-0.39, 0.29) is 0 Å². The molecule has 0 unspecified atom stereocenters. The summed E-state index contributed by atoms with van der Waals surface area (Å²) in [6.07, 6.45) is 3.83. The Balaban J connectivity index is 2.11. The highest BCUT2D eigenvalue weighted by molar-refractivity contribution is 5.55. The first-order valence-electron chi connectivity index (χ1n) is 5.65. The summed E-state index contributed by atoms with van der Waals surface area (Å²) >= 11 is 0. The lowest BCUT2D eigenvalue weighted by molar-refractivity contribution is 0.498. The minimum absolute atomic E-state index is 0.776. The van der Waals surface area contributed by atoms with E-state index in [1.165, 1.54) is 0 Å². The lowest BCUT2D eigenvalue weighted by Gasteiger charge is -1.96. The van der Waals surface area contributed by atoms with Crippen LogP contribution in [0.15, 0.2) is 28.9 Å². The summed E-state index contributed by atoms with van der Waals surface area (Å²) < 4.78 is 7.60. The predicted molar refractivity (Wildman–Crippen MR) is 63.0 cm³/mol. The number of rotatable bonds is 5. The van der Waals surface area contributed by atoms with Gasteiger partial charge in [-0.3, -0.25) is 4.68 Å². The summed E-state index contributed by atoms with van der Waals surface area (Å²) in [5, 5.41) is 7.45. The maximum atomic E-state index is 5.71. The lowest BCUT2D eigenvalue weighted by atomic mass is 10.3. The van der Waals surface area contributed by atoms with Crippen molar-refractivity contribution < 1.29 is 4.42 Å². The molecule has 0 fully saturated rings. The molecular formula is C12H17N3O. The molecule has 0 saturated carbocycles. The van der Waals surface area contributed by atoms with Gasteiger partial charge in [0.25, 0.3) is 0 Å². The van der Waals surface area contributed by atoms with Crippen LogP contribution in [0.5, 0.6) is 0 Å². The number of furan rings is 1. The molecule has 4 nitrogen and oxygen atoms in total. The van der Waals surface area contributed by atoms with E-state index in [0.717, 1.165) is 36.7 Å². The summed E-state index contributed by atoms with van der Waals surface area (Å²) in [4.78, 5) is 0. The number of nitrogens with one attached hydrogen (secondary N) is 1. The van der Waals surface area contributed by atoms with Crippen molar-refractivity contribution in [3.05, 3.63) is 30.3 Å². The van der Waals surface area contributed by atoms with Crippen molar-refractivity contribution in [2.24, 2.45) is 0 Å². The average molecular weight is 219 g/mol. The minimum atomic E-state index is 0.776. The zero-order valence-electron chi connectivity index (χ0n) is 9.73. The molecule has 0 aliphatic heterocycles. The molecule has 86 valence electrons. The quantitative estimate of drug-likeness (QED) is 0.838. The van der Waals surface area contributed by atoms with Crippen LogP contribution >= 0.6 is 0 Å². The van der Waals surface area contributed by atoms with Gasteiger partial charge in [-0.1, -0.05) is 6.92 Å². The van der Waals surface area contributed by atoms with Crippen LogP contribution in [-0.4, -0.2) is 16.3 Å². The predicted octanol–water partition coefficient (Wildman–Crippen LogP) is 2.27. The Kier molecular flexibility index (Phi) is 3.41. The molecule has 0 bridgehead atoms. The monoisotopic (exact) mass is 219 g/mol. The maximum absolute atomic E-state index is 5.71. The molecule has 2 heterocycles. The van der Waals surface area contributed by atoms with E-state index in [1.54, 1.807) is 0 Å². The Labute approximate surface area is 95.3 Å². The fourth-order valence-corrected chi connectivity index (χ4v) is 1.54. The van der Waals surface area contributed by atoms with E-state index < -0.39 is 0 Å². The molecule has 0 atom stereocenters. The van der Waals surface area contributed by atoms with Crippen LogP contribution in [0.3, 0.4) is 0 Å². The molecule has 0 saturated heterocycles. The number of aromatic nitrogens is 2. The second-order valence-electron chi connectivity index (χ2n) is 3.63. The van der Waals surface area contributed by atoms with Gasteiger partial charge in [-0.15, -0.1) is 0 Å². The third-order valence-corrected chi connectivity index (χ3v) is 2.45. The topological polar surface area (TPSA) is 43.0 Å². The van der Waals surface area contributed by atoms with E-state index in [2.05, 4.69) is 24.3 Å². The van der Waals surface area contributed by atoms with E-state index in [1.807, 2.05) is 29.2 Å². The van der Waals surface area contributed by atoms with Crippen LogP contribution in [-0.2, 0) is 13.1 Å². The van der Waals surface area contributed by atoms with Crippen LogP contribution in [0.1, 0.15) is 19.6 Å². The third-order valence-electron chi connectivity index (χ3n) is 2.45. The lowest BCUT2D eigenvalue weighted by Crippen LogP contribution is -2.10. The molecule has 16 heavy (non-hydrogen) atoms. The van der Waals surface area contributed by atoms with Crippen molar-refractivity contribution in [3.8, 4) is 11.3 Å². The molecule has 2 aromatic rings. The van der Waals surface area contributed by atoms with Gasteiger partial charge in [-0.2, -0.15) is 5.10 Å². The van der Waals surface area contributed by atoms with Crippen LogP contribution in [0.2, 0.25) is 0 Å². The molecule has 2 aromatic heterocycles. The Morgan fingerprint density at radius 2 is 2.25 bits per heavy atom. The Hall–Kier alpha value is -1.55. The fraction of sp³-hybridized carbons (Fsp3) is 0.417. The van der Waals surface area contributed by atoms with Gasteiger partial charge in [0.2, 0.25) is 0 Å². The van der Waals surface area contributed by atoms with E-state index in [9.17, 15) is 0 Å². The van der Waals surface area contributed by atoms with E-state index >= 15 is 0 Å². The first kappa shape index (κ1) is 11.0. The summed E-state index contributed by atoms with van der Waals surface area (Å²) in [6.45, 7) is 6.75. The maximum Gasteiger partial charge on any atom is 0.137 e. The van der Waals surface area contributed by atoms with E-state index in [4.69, 9.17) is 4.42 Å². The highest BCUT2D eigenvalue weighted by Crippen LogP contribution is 2.21. The van der Waals surface area contributed by atoms with Crippen LogP contribution < -0.4 is 5.32 Å². The zero-order valence-corrected chi connectivity index (χ0v) is 9.73. The van der Waals surface area contributed by atoms with Gasteiger partial charge in [0, 0.05) is 12.7 Å². The Bertz CT molecular complexity index is 445. The molecule has 0 aliphatic rings. The summed E-state index contributed by atoms with van der Waals surface area (Å²) in [6, 6.07) is 3.99. The van der Waals surface area contributed by atoms with Crippen molar-refractivity contribution in [3.63, 3.8) is 0 Å². The number of hydrogen-bond acceptors (Lipinski definition) is 3. The van der Waals surface area contributed by atoms with Gasteiger partial charge < -0.3 is 9.73 Å². The molecule has 4 heteroatoms. The second kappa shape index (κ2) is 4.99. The van der Waals surface area contributed by atoms with Gasteiger partial charge in [-0.05, 0) is 25.6 Å². The molecule has 0 aromatic carbocycles. The highest BCUT2D eigenvalue weighted by Gasteiger charge is 2.06. The first-order valence-corrected chi connectivity index (χ1v) is 5.65. The number of hydrogen-bond donors (Lipinski definition) is 1. The van der Waals surface area contributed by atoms with Gasteiger partial charge in [0.1, 0.15) is 11.5 Å². The Morgan fingerprint density at radius 1 is 1.38 bits per heavy atom. The molecule has 0 spiro atoms. The standard InChI is InChI=1S/C12H17N3O/c1-3-13-8-11-5-6-12(16-11)10-7-14-15(4-2)9-10/h5-7,9,13H,3-4,8H2,1-2H3. The molecule has 0 aliphatic carbocycles. The number of nitrogens with zero attached hydrogens (tertiary/aromatic N) is 2. The van der Waals surface area contributed by atoms with Crippen molar-refractivity contribution >= 4 is 0 Å². The second-order valence-corrected chi connectivity index (χ2v) is 3.63. The van der Waals surface area contributed by atoms with Crippen molar-refractivity contribution in [1.82, 2.24) is 15.1 Å². The SMILES string of the molecule is CCNCc1ccc(-c2cnn(CC)c2)o1. The molecule has 1 N–H and O–H groups in total. The average Bonchev–Trinajstić information content (AvgIpc) is 2.94. The molecule has 0 amide bonds. The summed E-state index contributed by atoms with van der Waals surface area (Å²) in [5.74, 6) is 1.84. The zero-order chi connectivity index (χ0) is 11.4. The summed E-state index contributed by atoms with van der Waals surface area (Å²) in [7, 11) is 0. The fourth-order valence-electron chi connectivity index (χ4n) is 1.54. The third kappa shape index (κ3) is 2.33. The molecule has 0 radical (unpaired) electrons. The largest absolute Gasteiger partial charge is 0.460 e. The van der Waals surface area contributed by atoms with Gasteiger partial charge in [0.05, 0.1) is 18.3 Å². The van der Waals surface area contributed by atoms with Crippen molar-refractivity contribution in [1.29, 1.82) is 0 Å². The highest BCUT2D eigenvalue weighted by atomic mass is 16.3. The van der Waals surface area contributed by atoms with Crippen LogP contribution in [0, 0.1) is 0 Å². The van der Waals surface area contributed by atoms with Gasteiger partial charge in [-0.25, -0.2) is 0 Å². The Morgan fingerprint density at radius 3 is 2.94 bits per heavy atom. The van der Waals surface area contributed by atoms with Gasteiger partial charge >= 0.3 is 0 Å². The normalized spacial score (nSPS) is 10.9. The van der Waals surface area contributed by atoms with Crippen molar-refractivity contribution in [2.45, 2.75) is 26.9 Å². The van der Waals surface area contributed by atoms with Gasteiger partial charge in [0.15, 0.2) is 0 Å². The van der Waals surface area contributed by atoms with Crippen LogP contribution in [0.25, 0.3) is 11.3 Å².